The summed E-state index contributed by atoms with van der Waals surface area (Å²) in [5, 5.41) is 7.62. The van der Waals surface area contributed by atoms with Crippen LogP contribution in [0.4, 0.5) is 0 Å². The second-order valence-electron chi connectivity index (χ2n) is 0.691. The molecule has 8 heteroatoms. The van der Waals surface area contributed by atoms with Crippen molar-refractivity contribution in [1.29, 1.82) is 0 Å². The zero-order chi connectivity index (χ0) is 6.78. The minimum absolute atomic E-state index is 1.51. The highest BCUT2D eigenvalue weighted by Crippen LogP contribution is 1.96. The maximum atomic E-state index is 9.54. The molecule has 0 aromatic carbocycles. The Kier molecular flexibility index (Phi) is 1.99. The van der Waals surface area contributed by atoms with E-state index in [0.29, 0.717) is 0 Å². The van der Waals surface area contributed by atoms with Gasteiger partial charge in [-0.05, 0) is 0 Å². The van der Waals surface area contributed by atoms with Crippen LogP contribution in [0.15, 0.2) is 0 Å². The van der Waals surface area contributed by atoms with Gasteiger partial charge in [0.15, 0.2) is 0 Å². The molecular weight excluding hydrogens is 162 g/mol. The average Bonchev–Trinajstić information content (AvgIpc) is 1.21. The van der Waals surface area contributed by atoms with Gasteiger partial charge >= 0.3 is 14.4 Å². The minimum Gasteiger partial charge on any atom is -0.184 e. The summed E-state index contributed by atoms with van der Waals surface area (Å²) in [6.45, 7) is 0. The van der Waals surface area contributed by atoms with Crippen molar-refractivity contribution in [3.63, 3.8) is 0 Å². The molecule has 0 radical (unpaired) electrons. The Morgan fingerprint density at radius 2 is 2.00 bits per heavy atom. The molecule has 0 aliphatic heterocycles. The predicted octanol–water partition coefficient (Wildman–Crippen LogP) is -0.322. The maximum absolute atomic E-state index is 9.54. The third-order valence-corrected chi connectivity index (χ3v) is 0.619. The van der Waals surface area contributed by atoms with Gasteiger partial charge in [-0.15, -0.1) is 10.1 Å². The van der Waals surface area contributed by atoms with Crippen molar-refractivity contribution in [1.82, 2.24) is 0 Å². The smallest absolute Gasteiger partial charge is 0.184 e. The van der Waals surface area contributed by atoms with Crippen molar-refractivity contribution in [2.75, 3.05) is 0 Å². The number of hydrogen-bond acceptors (Lipinski definition) is 5. The van der Waals surface area contributed by atoms with E-state index < -0.39 is 14.4 Å². The van der Waals surface area contributed by atoms with Crippen molar-refractivity contribution < 1.29 is 17.8 Å². The van der Waals surface area contributed by atoms with Gasteiger partial charge in [0.2, 0.25) is 0 Å². The summed E-state index contributed by atoms with van der Waals surface area (Å²) in [7, 11) is -0.214. The Hall–Kier alpha value is -0.560. The van der Waals surface area contributed by atoms with Gasteiger partial charge in [-0.3, -0.25) is 0 Å². The highest BCUT2D eigenvalue weighted by atomic mass is 35.7. The Morgan fingerprint density at radius 1 is 1.62 bits per heavy atom. The summed E-state index contributed by atoms with van der Waals surface area (Å²) in [6, 6.07) is 0. The Balaban J connectivity index is 3.95. The minimum atomic E-state index is -4.45. The van der Waals surface area contributed by atoms with E-state index in [0.717, 1.165) is 0 Å². The topological polar surface area (TPSA) is 86.5 Å². The lowest BCUT2D eigenvalue weighted by atomic mass is 13.1. The van der Waals surface area contributed by atoms with Gasteiger partial charge in [0.25, 0.3) is 0 Å². The summed E-state index contributed by atoms with van der Waals surface area (Å²) in [6.07, 6.45) is 0. The second-order valence-corrected chi connectivity index (χ2v) is 2.76. The molecule has 0 amide bonds. The molecule has 0 aliphatic rings. The fourth-order valence-electron chi connectivity index (χ4n) is 0.0727. The van der Waals surface area contributed by atoms with Gasteiger partial charge in [0, 0.05) is 10.7 Å². The molecule has 6 nitrogen and oxygen atoms in total. The zero-order valence-electron chi connectivity index (χ0n) is 3.27. The average molecular weight is 162 g/mol. The Labute approximate surface area is 48.7 Å². The van der Waals surface area contributed by atoms with Gasteiger partial charge in [0.1, 0.15) is 0 Å². The quantitative estimate of drug-likeness (QED) is 0.315. The van der Waals surface area contributed by atoms with E-state index in [9.17, 15) is 8.42 Å². The van der Waals surface area contributed by atoms with Crippen molar-refractivity contribution in [3.05, 3.63) is 10.1 Å². The van der Waals surface area contributed by atoms with Crippen LogP contribution in [0.2, 0.25) is 0 Å². The summed E-state index contributed by atoms with van der Waals surface area (Å²) >= 11 is 0. The molecule has 0 N–H and O–H groups in total. The molecule has 0 aromatic heterocycles. The largest absolute Gasteiger partial charge is 0.390 e. The van der Waals surface area contributed by atoms with E-state index in [2.05, 4.69) is 15.0 Å². The first-order chi connectivity index (χ1) is 3.42. The van der Waals surface area contributed by atoms with Crippen LogP contribution in [0.3, 0.4) is 0 Å². The van der Waals surface area contributed by atoms with Crippen LogP contribution in [0.1, 0.15) is 0 Å². The second kappa shape index (κ2) is 2.14. The third-order valence-electron chi connectivity index (χ3n) is 0.150. The van der Waals surface area contributed by atoms with Crippen molar-refractivity contribution in [2.45, 2.75) is 0 Å². The van der Waals surface area contributed by atoms with Crippen LogP contribution in [0.25, 0.3) is 0 Å². The molecule has 48 valence electrons. The molecular formula is ClNO5S. The van der Waals surface area contributed by atoms with Crippen molar-refractivity contribution >= 4 is 20.0 Å². The zero-order valence-corrected chi connectivity index (χ0v) is 4.85. The van der Waals surface area contributed by atoms with Crippen molar-refractivity contribution in [3.8, 4) is 0 Å². The summed E-state index contributed by atoms with van der Waals surface area (Å²) in [5.41, 5.74) is 0. The van der Waals surface area contributed by atoms with Gasteiger partial charge in [0.05, 0.1) is 0 Å². The molecule has 0 heterocycles. The van der Waals surface area contributed by atoms with E-state index in [-0.39, 0.29) is 0 Å². The van der Waals surface area contributed by atoms with E-state index in [4.69, 9.17) is 10.1 Å². The molecule has 0 rings (SSSR count). The summed E-state index contributed by atoms with van der Waals surface area (Å²) in [5.74, 6) is 0. The van der Waals surface area contributed by atoms with E-state index >= 15 is 0 Å². The van der Waals surface area contributed by atoms with Gasteiger partial charge < -0.3 is 0 Å². The number of halogens is 1. The van der Waals surface area contributed by atoms with Crippen LogP contribution < -0.4 is 0 Å². The lowest BCUT2D eigenvalue weighted by Crippen LogP contribution is -2.03. The van der Waals surface area contributed by atoms with E-state index in [1.54, 1.807) is 0 Å². The van der Waals surface area contributed by atoms with Crippen LogP contribution in [0, 0.1) is 10.1 Å². The van der Waals surface area contributed by atoms with Gasteiger partial charge in [-0.2, -0.15) is 12.7 Å². The molecule has 0 fully saturated rings. The SMILES string of the molecule is O=[N+]([O-])OS(=O)(=O)Cl. The van der Waals surface area contributed by atoms with Crippen LogP contribution >= 0.6 is 10.7 Å². The Morgan fingerprint density at radius 3 is 2.00 bits per heavy atom. The molecule has 0 bridgehead atoms. The number of hydrogen-bond donors (Lipinski definition) is 0. The summed E-state index contributed by atoms with van der Waals surface area (Å²) in [4.78, 5) is 9.13. The highest BCUT2D eigenvalue weighted by molar-refractivity contribution is 8.09. The fourth-order valence-corrected chi connectivity index (χ4v) is 0.356. The molecule has 0 unspecified atom stereocenters. The summed E-state index contributed by atoms with van der Waals surface area (Å²) < 4.78 is 22.0. The monoisotopic (exact) mass is 161 g/mol. The predicted molar refractivity (Wildman–Crippen MR) is 22.9 cm³/mol. The Bertz CT molecular complexity index is 179. The lowest BCUT2D eigenvalue weighted by molar-refractivity contribution is -0.710. The molecule has 0 atom stereocenters. The molecule has 0 saturated heterocycles. The normalized spacial score (nSPS) is 10.6. The fraction of sp³-hybridized carbons (Fsp3) is 0. The lowest BCUT2D eigenvalue weighted by Gasteiger charge is -1.84. The highest BCUT2D eigenvalue weighted by Gasteiger charge is 2.08. The first-order valence-electron chi connectivity index (χ1n) is 1.20. The number of rotatable bonds is 2. The third kappa shape index (κ3) is 5.44. The van der Waals surface area contributed by atoms with Crippen LogP contribution in [-0.4, -0.2) is 13.5 Å². The maximum Gasteiger partial charge on any atom is 0.390 e. The van der Waals surface area contributed by atoms with Crippen LogP contribution in [0.5, 0.6) is 0 Å². The first kappa shape index (κ1) is 7.44. The molecule has 0 saturated carbocycles. The van der Waals surface area contributed by atoms with E-state index in [1.165, 1.54) is 0 Å². The van der Waals surface area contributed by atoms with Gasteiger partial charge in [-0.1, -0.05) is 0 Å². The standard InChI is InChI=1S/ClNO5S/c1-8(5,6)7-2(3)4. The first-order valence-corrected chi connectivity index (χ1v) is 3.44. The molecule has 0 aromatic rings. The molecule has 0 spiro atoms. The van der Waals surface area contributed by atoms with E-state index in [1.807, 2.05) is 0 Å². The molecule has 8 heavy (non-hydrogen) atoms. The van der Waals surface area contributed by atoms with Crippen molar-refractivity contribution in [2.24, 2.45) is 0 Å². The molecule has 0 aliphatic carbocycles. The number of nitrogens with zero attached hydrogens (tertiary/aromatic N) is 1. The van der Waals surface area contributed by atoms with Gasteiger partial charge in [-0.25, -0.2) is 0 Å². The van der Waals surface area contributed by atoms with Crippen LogP contribution in [-0.2, 0) is 13.6 Å².